The van der Waals surface area contributed by atoms with Gasteiger partial charge < -0.3 is 5.73 Å². The van der Waals surface area contributed by atoms with Gasteiger partial charge in [0.25, 0.3) is 0 Å². The Morgan fingerprint density at radius 3 is 2.60 bits per heavy atom. The van der Waals surface area contributed by atoms with E-state index in [0.717, 1.165) is 30.0 Å². The highest BCUT2D eigenvalue weighted by Gasteiger charge is 1.95. The molecular formula is C11H12N4. The van der Waals surface area contributed by atoms with E-state index < -0.39 is 0 Å². The normalized spacial score (nSPS) is 15.6. The molecule has 0 saturated carbocycles. The smallest absolute Gasteiger partial charge is 0.0995 e. The van der Waals surface area contributed by atoms with Crippen LogP contribution in [0.2, 0.25) is 0 Å². The van der Waals surface area contributed by atoms with Crippen LogP contribution in [0.1, 0.15) is 6.42 Å². The standard InChI is InChI=1S/C11H12N4/c12-9-3-5-10(6-4-9)14-15-11-2-1-7-13-8-11/h2-6,8H,1,7,12H2. The van der Waals surface area contributed by atoms with Crippen LogP contribution < -0.4 is 5.73 Å². The molecule has 0 unspecified atom stereocenters. The van der Waals surface area contributed by atoms with Gasteiger partial charge >= 0.3 is 0 Å². The number of benzene rings is 1. The summed E-state index contributed by atoms with van der Waals surface area (Å²) in [4.78, 5) is 4.12. The predicted molar refractivity (Wildman–Crippen MR) is 61.4 cm³/mol. The quantitative estimate of drug-likeness (QED) is 0.579. The highest BCUT2D eigenvalue weighted by molar-refractivity contribution is 5.78. The molecule has 0 amide bonds. The summed E-state index contributed by atoms with van der Waals surface area (Å²) in [5.74, 6) is 0. The summed E-state index contributed by atoms with van der Waals surface area (Å²) in [6.45, 7) is 0.848. The fourth-order valence-electron chi connectivity index (χ4n) is 1.22. The van der Waals surface area contributed by atoms with Gasteiger partial charge in [-0.15, -0.1) is 5.11 Å². The van der Waals surface area contributed by atoms with Crippen LogP contribution in [0.25, 0.3) is 0 Å². The van der Waals surface area contributed by atoms with Gasteiger partial charge in [-0.25, -0.2) is 0 Å². The molecule has 1 heterocycles. The maximum atomic E-state index is 5.56. The Bertz CT molecular complexity index is 415. The Labute approximate surface area is 88.2 Å². The molecule has 0 aliphatic carbocycles. The van der Waals surface area contributed by atoms with Crippen molar-refractivity contribution in [3.63, 3.8) is 0 Å². The Kier molecular flexibility index (Phi) is 2.88. The van der Waals surface area contributed by atoms with E-state index in [2.05, 4.69) is 15.2 Å². The molecule has 15 heavy (non-hydrogen) atoms. The highest BCUT2D eigenvalue weighted by atomic mass is 15.1. The highest BCUT2D eigenvalue weighted by Crippen LogP contribution is 2.15. The monoisotopic (exact) mass is 200 g/mol. The topological polar surface area (TPSA) is 63.1 Å². The van der Waals surface area contributed by atoms with Gasteiger partial charge in [0.2, 0.25) is 0 Å². The lowest BCUT2D eigenvalue weighted by atomic mass is 10.3. The molecule has 76 valence electrons. The van der Waals surface area contributed by atoms with E-state index in [1.807, 2.05) is 18.2 Å². The zero-order valence-electron chi connectivity index (χ0n) is 8.30. The van der Waals surface area contributed by atoms with Gasteiger partial charge in [-0.3, -0.25) is 4.99 Å². The summed E-state index contributed by atoms with van der Waals surface area (Å²) < 4.78 is 0. The first kappa shape index (κ1) is 9.58. The van der Waals surface area contributed by atoms with Crippen LogP contribution in [0.15, 0.2) is 51.3 Å². The Balaban J connectivity index is 2.08. The summed E-state index contributed by atoms with van der Waals surface area (Å²) >= 11 is 0. The fraction of sp³-hybridized carbons (Fsp3) is 0.182. The first-order valence-electron chi connectivity index (χ1n) is 4.82. The summed E-state index contributed by atoms with van der Waals surface area (Å²) in [7, 11) is 0. The van der Waals surface area contributed by atoms with Crippen LogP contribution in [0, 0.1) is 0 Å². The van der Waals surface area contributed by atoms with Crippen LogP contribution in [0.4, 0.5) is 11.4 Å². The van der Waals surface area contributed by atoms with Gasteiger partial charge in [-0.2, -0.15) is 5.11 Å². The molecule has 0 spiro atoms. The number of azo groups is 1. The number of hydrogen-bond acceptors (Lipinski definition) is 4. The molecule has 0 atom stereocenters. The molecule has 1 aromatic carbocycles. The Hall–Kier alpha value is -1.97. The van der Waals surface area contributed by atoms with Crippen molar-refractivity contribution in [1.82, 2.24) is 0 Å². The summed E-state index contributed by atoms with van der Waals surface area (Å²) in [5, 5.41) is 8.16. The summed E-state index contributed by atoms with van der Waals surface area (Å²) in [6, 6.07) is 7.27. The number of anilines is 1. The maximum Gasteiger partial charge on any atom is 0.0995 e. The molecule has 4 heteroatoms. The summed E-state index contributed by atoms with van der Waals surface area (Å²) in [6.07, 6.45) is 4.70. The number of nitrogens with two attached hydrogens (primary N) is 1. The number of nitrogens with zero attached hydrogens (tertiary/aromatic N) is 3. The average molecular weight is 200 g/mol. The van der Waals surface area contributed by atoms with Crippen molar-refractivity contribution in [3.8, 4) is 0 Å². The predicted octanol–water partition coefficient (Wildman–Crippen LogP) is 2.71. The third-order valence-corrected chi connectivity index (χ3v) is 2.01. The Morgan fingerprint density at radius 2 is 1.93 bits per heavy atom. The average Bonchev–Trinajstić information content (AvgIpc) is 2.30. The molecule has 0 saturated heterocycles. The van der Waals surface area contributed by atoms with E-state index in [-0.39, 0.29) is 0 Å². The van der Waals surface area contributed by atoms with Crippen LogP contribution >= 0.6 is 0 Å². The molecule has 1 aromatic rings. The molecule has 0 bridgehead atoms. The van der Waals surface area contributed by atoms with E-state index in [1.54, 1.807) is 18.3 Å². The van der Waals surface area contributed by atoms with Crippen LogP contribution in [-0.4, -0.2) is 12.8 Å². The number of hydrogen-bond donors (Lipinski definition) is 1. The number of rotatable bonds is 2. The van der Waals surface area contributed by atoms with Crippen LogP contribution in [0.3, 0.4) is 0 Å². The zero-order chi connectivity index (χ0) is 10.5. The minimum absolute atomic E-state index is 0.729. The van der Waals surface area contributed by atoms with Crippen molar-refractivity contribution in [2.24, 2.45) is 15.2 Å². The van der Waals surface area contributed by atoms with E-state index in [0.29, 0.717) is 0 Å². The lowest BCUT2D eigenvalue weighted by molar-refractivity contribution is 0.975. The second-order valence-corrected chi connectivity index (χ2v) is 3.24. The van der Waals surface area contributed by atoms with E-state index in [4.69, 9.17) is 5.73 Å². The van der Waals surface area contributed by atoms with Crippen molar-refractivity contribution >= 4 is 17.6 Å². The number of dihydropyridines is 1. The lowest BCUT2D eigenvalue weighted by Gasteiger charge is -1.99. The first-order valence-corrected chi connectivity index (χ1v) is 4.82. The van der Waals surface area contributed by atoms with Gasteiger partial charge in [0.1, 0.15) is 0 Å². The third-order valence-electron chi connectivity index (χ3n) is 2.01. The maximum absolute atomic E-state index is 5.56. The minimum Gasteiger partial charge on any atom is -0.399 e. The van der Waals surface area contributed by atoms with Crippen LogP contribution in [-0.2, 0) is 0 Å². The molecular weight excluding hydrogens is 188 g/mol. The number of aliphatic imine (C=N–C) groups is 1. The molecule has 2 N–H and O–H groups in total. The van der Waals surface area contributed by atoms with Crippen molar-refractivity contribution in [2.75, 3.05) is 12.3 Å². The van der Waals surface area contributed by atoms with Gasteiger partial charge in [0.15, 0.2) is 0 Å². The molecule has 4 nitrogen and oxygen atoms in total. The fourth-order valence-corrected chi connectivity index (χ4v) is 1.22. The van der Waals surface area contributed by atoms with Crippen LogP contribution in [0.5, 0.6) is 0 Å². The van der Waals surface area contributed by atoms with Crippen molar-refractivity contribution in [2.45, 2.75) is 6.42 Å². The van der Waals surface area contributed by atoms with Crippen molar-refractivity contribution in [1.29, 1.82) is 0 Å². The van der Waals surface area contributed by atoms with Crippen molar-refractivity contribution in [3.05, 3.63) is 36.0 Å². The summed E-state index contributed by atoms with van der Waals surface area (Å²) in [5.41, 5.74) is 7.90. The molecule has 1 aliphatic rings. The van der Waals surface area contributed by atoms with E-state index >= 15 is 0 Å². The SMILES string of the molecule is Nc1ccc(N=NC2=CCCN=C2)cc1. The molecule has 0 radical (unpaired) electrons. The second kappa shape index (κ2) is 4.50. The van der Waals surface area contributed by atoms with Crippen molar-refractivity contribution < 1.29 is 0 Å². The van der Waals surface area contributed by atoms with Gasteiger partial charge in [0, 0.05) is 18.4 Å². The van der Waals surface area contributed by atoms with E-state index in [9.17, 15) is 0 Å². The largest absolute Gasteiger partial charge is 0.399 e. The number of allylic oxidation sites excluding steroid dienone is 1. The molecule has 0 aromatic heterocycles. The molecule has 1 aliphatic heterocycles. The first-order chi connectivity index (χ1) is 7.34. The zero-order valence-corrected chi connectivity index (χ0v) is 8.30. The number of nitrogen functional groups attached to an aromatic ring is 1. The Morgan fingerprint density at radius 1 is 1.13 bits per heavy atom. The van der Waals surface area contributed by atoms with Gasteiger partial charge in [0.05, 0.1) is 11.4 Å². The minimum atomic E-state index is 0.729. The van der Waals surface area contributed by atoms with Gasteiger partial charge in [-0.1, -0.05) is 6.08 Å². The molecule has 0 fully saturated rings. The van der Waals surface area contributed by atoms with E-state index in [1.165, 1.54) is 0 Å². The lowest BCUT2D eigenvalue weighted by Crippen LogP contribution is -1.90. The molecule has 2 rings (SSSR count). The van der Waals surface area contributed by atoms with Gasteiger partial charge in [-0.05, 0) is 30.7 Å². The second-order valence-electron chi connectivity index (χ2n) is 3.24. The third kappa shape index (κ3) is 2.74.